The molecule has 7 heteroatoms. The van der Waals surface area contributed by atoms with Crippen LogP contribution < -0.4 is 10.5 Å². The molecule has 0 bridgehead atoms. The van der Waals surface area contributed by atoms with Gasteiger partial charge in [-0.3, -0.25) is 4.72 Å². The molecular weight excluding hydrogens is 359 g/mol. The smallest absolute Gasteiger partial charge is 0.264 e. The summed E-state index contributed by atoms with van der Waals surface area (Å²) < 4.78 is 41.1. The lowest BCUT2D eigenvalue weighted by Crippen LogP contribution is -2.16. The number of aryl methyl sites for hydroxylation is 2. The Bertz CT molecular complexity index is 807. The molecule has 0 aliphatic rings. The van der Waals surface area contributed by atoms with Gasteiger partial charge in [0.25, 0.3) is 10.0 Å². The van der Waals surface area contributed by atoms with Crippen molar-refractivity contribution in [1.29, 1.82) is 0 Å². The highest BCUT2D eigenvalue weighted by Gasteiger charge is 2.20. The second kappa shape index (κ2) is 5.65. The van der Waals surface area contributed by atoms with Crippen molar-refractivity contribution in [3.63, 3.8) is 0 Å². The van der Waals surface area contributed by atoms with Crippen LogP contribution in [-0.2, 0) is 10.0 Å². The fraction of sp³-hybridized carbons (Fsp3) is 0.143. The molecule has 0 unspecified atom stereocenters. The van der Waals surface area contributed by atoms with Crippen LogP contribution in [0.15, 0.2) is 39.7 Å². The van der Waals surface area contributed by atoms with Gasteiger partial charge in [0.2, 0.25) is 0 Å². The van der Waals surface area contributed by atoms with E-state index in [-0.39, 0.29) is 5.69 Å². The topological polar surface area (TPSA) is 72.2 Å². The van der Waals surface area contributed by atoms with Gasteiger partial charge in [-0.25, -0.2) is 12.8 Å². The van der Waals surface area contributed by atoms with Crippen LogP contribution in [0, 0.1) is 19.7 Å². The van der Waals surface area contributed by atoms with Gasteiger partial charge in [-0.15, -0.1) is 0 Å². The first kappa shape index (κ1) is 15.8. The Morgan fingerprint density at radius 2 is 1.76 bits per heavy atom. The normalized spacial score (nSPS) is 11.4. The van der Waals surface area contributed by atoms with E-state index in [1.54, 1.807) is 12.1 Å². The molecule has 2 rings (SSSR count). The van der Waals surface area contributed by atoms with Crippen molar-refractivity contribution in [2.75, 3.05) is 10.5 Å². The summed E-state index contributed by atoms with van der Waals surface area (Å²) in [5, 5.41) is 0. The summed E-state index contributed by atoms with van der Waals surface area (Å²) in [5.41, 5.74) is 8.17. The Hall–Kier alpha value is -1.60. The lowest BCUT2D eigenvalue weighted by atomic mass is 10.1. The maximum absolute atomic E-state index is 13.8. The molecule has 0 aliphatic heterocycles. The average molecular weight is 373 g/mol. The number of halogens is 2. The number of nitrogens with two attached hydrogens (primary N) is 1. The Morgan fingerprint density at radius 1 is 1.14 bits per heavy atom. The van der Waals surface area contributed by atoms with Gasteiger partial charge in [-0.05, 0) is 55.3 Å². The summed E-state index contributed by atoms with van der Waals surface area (Å²) in [7, 11) is -4.04. The third-order valence-electron chi connectivity index (χ3n) is 3.09. The molecule has 0 atom stereocenters. The van der Waals surface area contributed by atoms with Crippen molar-refractivity contribution < 1.29 is 12.8 Å². The number of rotatable bonds is 3. The Morgan fingerprint density at radius 3 is 2.38 bits per heavy atom. The molecule has 0 saturated heterocycles. The van der Waals surface area contributed by atoms with Gasteiger partial charge in [0.1, 0.15) is 10.7 Å². The minimum atomic E-state index is -4.04. The summed E-state index contributed by atoms with van der Waals surface area (Å²) in [4.78, 5) is -0.427. The summed E-state index contributed by atoms with van der Waals surface area (Å²) in [6.07, 6.45) is 0. The Balaban J connectivity index is 2.45. The van der Waals surface area contributed by atoms with Crippen LogP contribution in [0.4, 0.5) is 15.8 Å². The van der Waals surface area contributed by atoms with Crippen LogP contribution in [0.3, 0.4) is 0 Å². The highest BCUT2D eigenvalue weighted by Crippen LogP contribution is 2.27. The van der Waals surface area contributed by atoms with Crippen LogP contribution in [0.1, 0.15) is 11.1 Å². The van der Waals surface area contributed by atoms with Crippen LogP contribution in [0.5, 0.6) is 0 Å². The standard InChI is InChI=1S/C14H14BrFN2O2S/c1-8-5-12(17)13(6-9(8)2)18-21(19,20)14-4-3-10(15)7-11(14)16/h3-7,18H,17H2,1-2H3. The van der Waals surface area contributed by atoms with Crippen molar-refractivity contribution in [3.05, 3.63) is 51.7 Å². The van der Waals surface area contributed by atoms with E-state index in [9.17, 15) is 12.8 Å². The van der Waals surface area contributed by atoms with Crippen LogP contribution in [0.2, 0.25) is 0 Å². The second-order valence-corrected chi connectivity index (χ2v) is 7.27. The molecule has 4 nitrogen and oxygen atoms in total. The molecule has 0 radical (unpaired) electrons. The van der Waals surface area contributed by atoms with E-state index in [0.29, 0.717) is 10.2 Å². The molecule has 2 aromatic rings. The van der Waals surface area contributed by atoms with Gasteiger partial charge in [-0.1, -0.05) is 15.9 Å². The Labute approximate surface area is 131 Å². The van der Waals surface area contributed by atoms with Crippen molar-refractivity contribution in [1.82, 2.24) is 0 Å². The minimum Gasteiger partial charge on any atom is -0.397 e. The third kappa shape index (κ3) is 3.36. The fourth-order valence-electron chi connectivity index (χ4n) is 1.82. The molecule has 0 aliphatic carbocycles. The fourth-order valence-corrected chi connectivity index (χ4v) is 3.29. The van der Waals surface area contributed by atoms with E-state index in [4.69, 9.17) is 5.73 Å². The largest absolute Gasteiger partial charge is 0.397 e. The van der Waals surface area contributed by atoms with E-state index in [1.807, 2.05) is 13.8 Å². The zero-order valence-electron chi connectivity index (χ0n) is 11.4. The number of hydrogen-bond donors (Lipinski definition) is 2. The van der Waals surface area contributed by atoms with Gasteiger partial charge in [0.15, 0.2) is 0 Å². The number of benzene rings is 2. The molecule has 3 N–H and O–H groups in total. The first-order valence-corrected chi connectivity index (χ1v) is 8.33. The molecule has 21 heavy (non-hydrogen) atoms. The third-order valence-corrected chi connectivity index (χ3v) is 4.99. The monoisotopic (exact) mass is 372 g/mol. The molecule has 0 aromatic heterocycles. The highest BCUT2D eigenvalue weighted by molar-refractivity contribution is 9.10. The van der Waals surface area contributed by atoms with Gasteiger partial charge >= 0.3 is 0 Å². The summed E-state index contributed by atoms with van der Waals surface area (Å²) in [6.45, 7) is 3.71. The van der Waals surface area contributed by atoms with E-state index in [2.05, 4.69) is 20.7 Å². The van der Waals surface area contributed by atoms with E-state index in [1.165, 1.54) is 12.1 Å². The van der Waals surface area contributed by atoms with Crippen molar-refractivity contribution >= 4 is 37.3 Å². The first-order valence-electron chi connectivity index (χ1n) is 6.05. The number of anilines is 2. The number of sulfonamides is 1. The molecule has 0 fully saturated rings. The molecular formula is C14H14BrFN2O2S. The van der Waals surface area contributed by atoms with E-state index < -0.39 is 20.7 Å². The maximum Gasteiger partial charge on any atom is 0.264 e. The van der Waals surface area contributed by atoms with Gasteiger partial charge < -0.3 is 5.73 Å². The van der Waals surface area contributed by atoms with Crippen LogP contribution in [0.25, 0.3) is 0 Å². The molecule has 0 heterocycles. The molecule has 112 valence electrons. The first-order chi connectivity index (χ1) is 9.70. The average Bonchev–Trinajstić information content (AvgIpc) is 2.35. The van der Waals surface area contributed by atoms with E-state index in [0.717, 1.165) is 17.2 Å². The molecule has 2 aromatic carbocycles. The predicted molar refractivity (Wildman–Crippen MR) is 85.2 cm³/mol. The maximum atomic E-state index is 13.8. The van der Waals surface area contributed by atoms with Gasteiger partial charge in [-0.2, -0.15) is 0 Å². The lowest BCUT2D eigenvalue weighted by Gasteiger charge is -2.13. The highest BCUT2D eigenvalue weighted by atomic mass is 79.9. The van der Waals surface area contributed by atoms with E-state index >= 15 is 0 Å². The zero-order chi connectivity index (χ0) is 15.8. The molecule has 0 amide bonds. The van der Waals surface area contributed by atoms with Crippen molar-refractivity contribution in [2.45, 2.75) is 18.7 Å². The summed E-state index contributed by atoms with van der Waals surface area (Å²) in [5.74, 6) is -0.834. The number of hydrogen-bond acceptors (Lipinski definition) is 3. The lowest BCUT2D eigenvalue weighted by molar-refractivity contribution is 0.570. The van der Waals surface area contributed by atoms with Crippen LogP contribution >= 0.6 is 15.9 Å². The molecule has 0 saturated carbocycles. The van der Waals surface area contributed by atoms with Gasteiger partial charge in [0, 0.05) is 4.47 Å². The number of nitrogen functional groups attached to an aromatic ring is 1. The van der Waals surface area contributed by atoms with Crippen molar-refractivity contribution in [3.8, 4) is 0 Å². The Kier molecular flexibility index (Phi) is 4.25. The van der Waals surface area contributed by atoms with Gasteiger partial charge in [0.05, 0.1) is 11.4 Å². The number of nitrogens with one attached hydrogen (secondary N) is 1. The quantitative estimate of drug-likeness (QED) is 0.808. The minimum absolute atomic E-state index is 0.236. The van der Waals surface area contributed by atoms with Crippen molar-refractivity contribution in [2.24, 2.45) is 0 Å². The predicted octanol–water partition coefficient (Wildman–Crippen LogP) is 3.59. The zero-order valence-corrected chi connectivity index (χ0v) is 13.8. The SMILES string of the molecule is Cc1cc(N)c(NS(=O)(=O)c2ccc(Br)cc2F)cc1C. The molecule has 0 spiro atoms. The van der Waals surface area contributed by atoms with Crippen LogP contribution in [-0.4, -0.2) is 8.42 Å². The summed E-state index contributed by atoms with van der Waals surface area (Å²) >= 11 is 3.08. The summed E-state index contributed by atoms with van der Waals surface area (Å²) in [6, 6.07) is 7.04. The second-order valence-electron chi connectivity index (χ2n) is 4.70.